The van der Waals surface area contributed by atoms with E-state index in [9.17, 15) is 4.79 Å². The summed E-state index contributed by atoms with van der Waals surface area (Å²) >= 11 is 6.07. The van der Waals surface area contributed by atoms with Gasteiger partial charge in [-0.3, -0.25) is 14.0 Å². The molecule has 128 valence electrons. The molecule has 0 saturated carbocycles. The van der Waals surface area contributed by atoms with Gasteiger partial charge in [-0.05, 0) is 57.0 Å². The van der Waals surface area contributed by atoms with E-state index in [1.165, 1.54) is 0 Å². The fourth-order valence-electron chi connectivity index (χ4n) is 3.53. The molecule has 25 heavy (non-hydrogen) atoms. The van der Waals surface area contributed by atoms with E-state index in [0.717, 1.165) is 41.3 Å². The Labute approximate surface area is 150 Å². The highest BCUT2D eigenvalue weighted by Gasteiger charge is 2.22. The molecule has 0 unspecified atom stereocenters. The first-order chi connectivity index (χ1) is 12.0. The average molecular weight is 355 g/mol. The lowest BCUT2D eigenvalue weighted by Crippen LogP contribution is -2.20. The van der Waals surface area contributed by atoms with Crippen molar-refractivity contribution < 1.29 is 0 Å². The smallest absolute Gasteiger partial charge is 0.261 e. The number of aryl methyl sites for hydroxylation is 2. The Kier molecular flexibility index (Phi) is 3.76. The molecule has 0 bridgehead atoms. The molecule has 5 nitrogen and oxygen atoms in total. The molecule has 0 aliphatic carbocycles. The van der Waals surface area contributed by atoms with Crippen molar-refractivity contribution in [2.45, 2.75) is 40.3 Å². The minimum absolute atomic E-state index is 0.00207. The van der Waals surface area contributed by atoms with Gasteiger partial charge in [-0.25, -0.2) is 4.98 Å². The second-order valence-corrected chi connectivity index (χ2v) is 6.81. The van der Waals surface area contributed by atoms with Gasteiger partial charge in [0.1, 0.15) is 5.82 Å². The molecule has 3 heterocycles. The lowest BCUT2D eigenvalue weighted by atomic mass is 10.1. The zero-order valence-electron chi connectivity index (χ0n) is 14.5. The van der Waals surface area contributed by atoms with Gasteiger partial charge in [0.2, 0.25) is 0 Å². The van der Waals surface area contributed by atoms with Gasteiger partial charge in [0.15, 0.2) is 0 Å². The lowest BCUT2D eigenvalue weighted by molar-refractivity contribution is 0.634. The maximum absolute atomic E-state index is 12.8. The molecular weight excluding hydrogens is 336 g/mol. The minimum atomic E-state index is -0.00207. The number of nitrogens with zero attached hydrogens (tertiary/aromatic N) is 4. The fourth-order valence-corrected chi connectivity index (χ4v) is 3.70. The maximum atomic E-state index is 12.8. The Morgan fingerprint density at radius 3 is 2.84 bits per heavy atom. The van der Waals surface area contributed by atoms with Crippen LogP contribution < -0.4 is 5.56 Å². The summed E-state index contributed by atoms with van der Waals surface area (Å²) in [5, 5.41) is 5.77. The molecule has 2 aromatic heterocycles. The molecule has 3 aromatic rings. The number of hydrogen-bond acceptors (Lipinski definition) is 3. The van der Waals surface area contributed by atoms with Crippen LogP contribution in [0.2, 0.25) is 5.02 Å². The second kappa shape index (κ2) is 5.85. The van der Waals surface area contributed by atoms with E-state index in [4.69, 9.17) is 16.6 Å². The van der Waals surface area contributed by atoms with Crippen molar-refractivity contribution in [1.29, 1.82) is 0 Å². The van der Waals surface area contributed by atoms with Gasteiger partial charge in [0, 0.05) is 29.4 Å². The Morgan fingerprint density at radius 2 is 2.12 bits per heavy atom. The lowest BCUT2D eigenvalue weighted by Gasteiger charge is -2.06. The van der Waals surface area contributed by atoms with E-state index < -0.39 is 0 Å². The molecule has 0 fully saturated rings. The zero-order valence-corrected chi connectivity index (χ0v) is 15.3. The van der Waals surface area contributed by atoms with Gasteiger partial charge in [-0.1, -0.05) is 11.6 Å². The molecule has 0 amide bonds. The van der Waals surface area contributed by atoms with Crippen molar-refractivity contribution in [3.63, 3.8) is 0 Å². The number of aromatic nitrogens is 4. The van der Waals surface area contributed by atoms with Crippen LogP contribution in [0.1, 0.15) is 36.1 Å². The fraction of sp³-hybridized carbons (Fsp3) is 0.316. The van der Waals surface area contributed by atoms with Gasteiger partial charge in [0.25, 0.3) is 5.56 Å². The second-order valence-electron chi connectivity index (χ2n) is 6.37. The summed E-state index contributed by atoms with van der Waals surface area (Å²) in [6.45, 7) is 7.67. The van der Waals surface area contributed by atoms with E-state index in [0.29, 0.717) is 22.5 Å². The number of rotatable bonds is 2. The number of halogens is 1. The van der Waals surface area contributed by atoms with Crippen LogP contribution in [0.5, 0.6) is 0 Å². The van der Waals surface area contributed by atoms with Crippen LogP contribution in [-0.2, 0) is 13.1 Å². The van der Waals surface area contributed by atoms with Crippen LogP contribution in [-0.4, -0.2) is 19.3 Å². The van der Waals surface area contributed by atoms with E-state index in [1.807, 2.05) is 11.6 Å². The van der Waals surface area contributed by atoms with Crippen LogP contribution in [0, 0.1) is 13.8 Å². The first kappa shape index (κ1) is 16.1. The highest BCUT2D eigenvalue weighted by molar-refractivity contribution is 6.31. The van der Waals surface area contributed by atoms with E-state index >= 15 is 0 Å². The maximum Gasteiger partial charge on any atom is 0.261 e. The Bertz CT molecular complexity index is 1090. The predicted octanol–water partition coefficient (Wildman–Crippen LogP) is 3.83. The Hall–Kier alpha value is -2.40. The summed E-state index contributed by atoms with van der Waals surface area (Å²) in [7, 11) is 0. The van der Waals surface area contributed by atoms with Gasteiger partial charge in [0.05, 0.1) is 16.6 Å². The number of allylic oxidation sites excluding steroid dienone is 1. The molecule has 6 heteroatoms. The van der Waals surface area contributed by atoms with E-state index in [1.54, 1.807) is 22.8 Å². The first-order valence-electron chi connectivity index (χ1n) is 8.44. The number of fused-ring (bicyclic) bond motifs is 2. The molecule has 0 spiro atoms. The predicted molar refractivity (Wildman–Crippen MR) is 101 cm³/mol. The van der Waals surface area contributed by atoms with Crippen molar-refractivity contribution >= 4 is 34.2 Å². The molecule has 0 N–H and O–H groups in total. The standard InChI is InChI=1S/C19H19ClN4O/c1-4-24-12(3)16(11(2)22-24)9-13-7-8-23-18(13)21-17-10-14(20)5-6-15(17)19(23)25/h5-6,9-10H,4,7-8H2,1-3H3/b13-9-. The number of hydrogen-bond donors (Lipinski definition) is 0. The topological polar surface area (TPSA) is 52.7 Å². The number of benzene rings is 1. The summed E-state index contributed by atoms with van der Waals surface area (Å²) in [6, 6.07) is 5.24. The highest BCUT2D eigenvalue weighted by atomic mass is 35.5. The largest absolute Gasteiger partial charge is 0.292 e. The molecule has 1 aliphatic rings. The monoisotopic (exact) mass is 354 g/mol. The highest BCUT2D eigenvalue weighted by Crippen LogP contribution is 2.29. The third kappa shape index (κ3) is 2.50. The summed E-state index contributed by atoms with van der Waals surface area (Å²) in [4.78, 5) is 17.5. The zero-order chi connectivity index (χ0) is 17.7. The summed E-state index contributed by atoms with van der Waals surface area (Å²) in [5.41, 5.74) is 4.96. The molecule has 0 saturated heterocycles. The molecule has 1 aliphatic heterocycles. The van der Waals surface area contributed by atoms with E-state index in [-0.39, 0.29) is 5.56 Å². The Morgan fingerprint density at radius 1 is 1.32 bits per heavy atom. The van der Waals surface area contributed by atoms with Crippen LogP contribution in [0.15, 0.2) is 23.0 Å². The van der Waals surface area contributed by atoms with Crippen molar-refractivity contribution in [2.75, 3.05) is 0 Å². The van der Waals surface area contributed by atoms with Crippen LogP contribution in [0.3, 0.4) is 0 Å². The SMILES string of the molecule is CCn1nc(C)c(/C=C2/CCn3c2nc2cc(Cl)ccc2c3=O)c1C. The van der Waals surface area contributed by atoms with Gasteiger partial charge in [-0.2, -0.15) is 5.10 Å². The van der Waals surface area contributed by atoms with Crippen molar-refractivity contribution in [3.8, 4) is 0 Å². The van der Waals surface area contributed by atoms with Gasteiger partial charge >= 0.3 is 0 Å². The summed E-state index contributed by atoms with van der Waals surface area (Å²) in [6.07, 6.45) is 2.92. The van der Waals surface area contributed by atoms with Crippen molar-refractivity contribution in [1.82, 2.24) is 19.3 Å². The molecule has 1 aromatic carbocycles. The summed E-state index contributed by atoms with van der Waals surface area (Å²) in [5.74, 6) is 0.739. The van der Waals surface area contributed by atoms with Crippen LogP contribution >= 0.6 is 11.6 Å². The van der Waals surface area contributed by atoms with Crippen molar-refractivity contribution in [3.05, 3.63) is 56.4 Å². The molecule has 0 atom stereocenters. The first-order valence-corrected chi connectivity index (χ1v) is 8.82. The third-order valence-corrected chi connectivity index (χ3v) is 5.10. The van der Waals surface area contributed by atoms with Gasteiger partial charge in [-0.15, -0.1) is 0 Å². The van der Waals surface area contributed by atoms with Gasteiger partial charge < -0.3 is 0 Å². The Balaban J connectivity index is 1.91. The third-order valence-electron chi connectivity index (χ3n) is 4.86. The quantitative estimate of drug-likeness (QED) is 0.702. The molecule has 0 radical (unpaired) electrons. The summed E-state index contributed by atoms with van der Waals surface area (Å²) < 4.78 is 3.76. The van der Waals surface area contributed by atoms with Crippen LogP contribution in [0.25, 0.3) is 22.6 Å². The normalized spacial score (nSPS) is 15.3. The minimum Gasteiger partial charge on any atom is -0.292 e. The average Bonchev–Trinajstić information content (AvgIpc) is 3.11. The van der Waals surface area contributed by atoms with Crippen LogP contribution in [0.4, 0.5) is 0 Å². The molecular formula is C19H19ClN4O. The molecule has 4 rings (SSSR count). The van der Waals surface area contributed by atoms with E-state index in [2.05, 4.69) is 25.0 Å². The van der Waals surface area contributed by atoms with Crippen molar-refractivity contribution in [2.24, 2.45) is 0 Å².